The van der Waals surface area contributed by atoms with Gasteiger partial charge in [0, 0.05) is 26.2 Å². The second-order valence-corrected chi connectivity index (χ2v) is 6.92. The van der Waals surface area contributed by atoms with Gasteiger partial charge < -0.3 is 10.2 Å². The molecule has 0 unspecified atom stereocenters. The zero-order valence-corrected chi connectivity index (χ0v) is 14.2. The summed E-state index contributed by atoms with van der Waals surface area (Å²) in [6.45, 7) is 2.10. The molecule has 1 aliphatic rings. The van der Waals surface area contributed by atoms with E-state index in [0.717, 1.165) is 0 Å². The Balaban J connectivity index is 0.00000242. The molecule has 1 saturated heterocycles. The maximum absolute atomic E-state index is 12.6. The maximum Gasteiger partial charge on any atom is 0.243 e. The Morgan fingerprint density at radius 3 is 2.45 bits per heavy atom. The van der Waals surface area contributed by atoms with Crippen molar-refractivity contribution in [2.45, 2.75) is 11.3 Å². The van der Waals surface area contributed by atoms with Crippen LogP contribution in [0.1, 0.15) is 6.42 Å². The first-order chi connectivity index (χ1) is 10.1. The van der Waals surface area contributed by atoms with Crippen LogP contribution in [0.2, 0.25) is 0 Å². The van der Waals surface area contributed by atoms with Crippen molar-refractivity contribution in [2.24, 2.45) is 0 Å². The van der Waals surface area contributed by atoms with Gasteiger partial charge in [0.2, 0.25) is 15.9 Å². The van der Waals surface area contributed by atoms with Crippen molar-refractivity contribution in [1.29, 1.82) is 0 Å². The Morgan fingerprint density at radius 2 is 1.82 bits per heavy atom. The molecule has 1 aliphatic heterocycles. The van der Waals surface area contributed by atoms with E-state index in [2.05, 4.69) is 5.32 Å². The Kier molecular flexibility index (Phi) is 7.28. The third-order valence-electron chi connectivity index (χ3n) is 3.52. The summed E-state index contributed by atoms with van der Waals surface area (Å²) in [6.07, 6.45) is 0.654. The van der Waals surface area contributed by atoms with Gasteiger partial charge in [-0.25, -0.2) is 8.42 Å². The molecular weight excluding hydrogens is 326 g/mol. The van der Waals surface area contributed by atoms with Crippen LogP contribution in [0.4, 0.5) is 0 Å². The second kappa shape index (κ2) is 8.47. The molecule has 1 aromatic carbocycles. The summed E-state index contributed by atoms with van der Waals surface area (Å²) in [4.78, 5) is 13.9. The summed E-state index contributed by atoms with van der Waals surface area (Å²) < 4.78 is 26.6. The summed E-state index contributed by atoms with van der Waals surface area (Å²) in [5.41, 5.74) is 0. The summed E-state index contributed by atoms with van der Waals surface area (Å²) in [5, 5.41) is 2.83. The third-order valence-corrected chi connectivity index (χ3v) is 5.43. The number of likely N-dealkylation sites (N-methyl/N-ethyl adjacent to an activating group) is 1. The van der Waals surface area contributed by atoms with E-state index in [1.54, 1.807) is 42.3 Å². The van der Waals surface area contributed by atoms with Crippen molar-refractivity contribution in [3.63, 3.8) is 0 Å². The van der Waals surface area contributed by atoms with Gasteiger partial charge >= 0.3 is 0 Å². The molecule has 1 N–H and O–H groups in total. The van der Waals surface area contributed by atoms with E-state index in [4.69, 9.17) is 0 Å². The minimum absolute atomic E-state index is 0. The van der Waals surface area contributed by atoms with Crippen LogP contribution in [-0.4, -0.2) is 63.3 Å². The molecule has 124 valence electrons. The number of sulfonamides is 1. The number of halogens is 1. The van der Waals surface area contributed by atoms with Crippen LogP contribution < -0.4 is 5.32 Å². The summed E-state index contributed by atoms with van der Waals surface area (Å²) in [7, 11) is -1.74. The lowest BCUT2D eigenvalue weighted by Gasteiger charge is -2.22. The van der Waals surface area contributed by atoms with Crippen LogP contribution >= 0.6 is 12.4 Å². The Labute approximate surface area is 137 Å². The third kappa shape index (κ3) is 4.42. The highest BCUT2D eigenvalue weighted by Crippen LogP contribution is 2.17. The predicted octanol–water partition coefficient (Wildman–Crippen LogP) is 0.551. The van der Waals surface area contributed by atoms with E-state index in [0.29, 0.717) is 37.5 Å². The van der Waals surface area contributed by atoms with Crippen LogP contribution in [0.25, 0.3) is 0 Å². The minimum atomic E-state index is -3.47. The normalized spacial score (nSPS) is 16.7. The Bertz CT molecular complexity index is 580. The molecule has 0 aromatic heterocycles. The molecule has 22 heavy (non-hydrogen) atoms. The van der Waals surface area contributed by atoms with Crippen LogP contribution in [0.15, 0.2) is 35.2 Å². The highest BCUT2D eigenvalue weighted by Gasteiger charge is 2.27. The zero-order valence-electron chi connectivity index (χ0n) is 12.6. The highest BCUT2D eigenvalue weighted by molar-refractivity contribution is 7.89. The van der Waals surface area contributed by atoms with Crippen LogP contribution in [0.5, 0.6) is 0 Å². The number of carbonyl (C=O) groups is 1. The molecule has 0 bridgehead atoms. The monoisotopic (exact) mass is 347 g/mol. The van der Waals surface area contributed by atoms with Gasteiger partial charge in [-0.15, -0.1) is 12.4 Å². The molecule has 1 heterocycles. The molecule has 0 spiro atoms. The Morgan fingerprint density at radius 1 is 1.14 bits per heavy atom. The van der Waals surface area contributed by atoms with Crippen molar-refractivity contribution in [3.05, 3.63) is 30.3 Å². The quantitative estimate of drug-likeness (QED) is 0.863. The number of amides is 1. The molecule has 0 saturated carbocycles. The van der Waals surface area contributed by atoms with Gasteiger partial charge in [-0.05, 0) is 25.6 Å². The lowest BCUT2D eigenvalue weighted by molar-refractivity contribution is -0.129. The molecule has 0 radical (unpaired) electrons. The summed E-state index contributed by atoms with van der Waals surface area (Å²) in [5.74, 6) is 0.0106. The second-order valence-electron chi connectivity index (χ2n) is 4.98. The molecule has 0 atom stereocenters. The first-order valence-corrected chi connectivity index (χ1v) is 8.47. The predicted molar refractivity (Wildman–Crippen MR) is 87.6 cm³/mol. The van der Waals surface area contributed by atoms with E-state index in [9.17, 15) is 13.2 Å². The fourth-order valence-corrected chi connectivity index (χ4v) is 3.88. The lowest BCUT2D eigenvalue weighted by atomic mass is 10.4. The van der Waals surface area contributed by atoms with Crippen molar-refractivity contribution in [3.8, 4) is 0 Å². The molecule has 2 rings (SSSR count). The average Bonchev–Trinajstić information content (AvgIpc) is 2.75. The van der Waals surface area contributed by atoms with E-state index < -0.39 is 10.0 Å². The molecule has 1 aromatic rings. The first-order valence-electron chi connectivity index (χ1n) is 7.03. The number of hydrogen-bond donors (Lipinski definition) is 1. The smallest absolute Gasteiger partial charge is 0.243 e. The number of carbonyl (C=O) groups excluding carboxylic acids is 1. The van der Waals surface area contributed by atoms with Crippen molar-refractivity contribution in [1.82, 2.24) is 14.5 Å². The first kappa shape index (κ1) is 18.9. The van der Waals surface area contributed by atoms with E-state index in [1.165, 1.54) is 4.31 Å². The van der Waals surface area contributed by atoms with Gasteiger partial charge in [-0.3, -0.25) is 4.79 Å². The lowest BCUT2D eigenvalue weighted by Crippen LogP contribution is -2.40. The van der Waals surface area contributed by atoms with Gasteiger partial charge in [0.1, 0.15) is 0 Å². The van der Waals surface area contributed by atoms with E-state index in [1.807, 2.05) is 0 Å². The zero-order chi connectivity index (χ0) is 15.3. The largest absolute Gasteiger partial charge is 0.340 e. The molecule has 1 fully saturated rings. The van der Waals surface area contributed by atoms with Crippen molar-refractivity contribution >= 4 is 28.3 Å². The van der Waals surface area contributed by atoms with E-state index in [-0.39, 0.29) is 24.9 Å². The van der Waals surface area contributed by atoms with Gasteiger partial charge in [-0.2, -0.15) is 4.31 Å². The number of rotatable bonds is 4. The van der Waals surface area contributed by atoms with Crippen molar-refractivity contribution < 1.29 is 13.2 Å². The van der Waals surface area contributed by atoms with Crippen molar-refractivity contribution in [2.75, 3.05) is 39.8 Å². The van der Waals surface area contributed by atoms with Crippen LogP contribution in [0, 0.1) is 0 Å². The van der Waals surface area contributed by atoms with Crippen LogP contribution in [0.3, 0.4) is 0 Å². The summed E-state index contributed by atoms with van der Waals surface area (Å²) >= 11 is 0. The molecule has 8 heteroatoms. The molecular formula is C14H22ClN3O3S. The average molecular weight is 348 g/mol. The summed E-state index contributed by atoms with van der Waals surface area (Å²) in [6, 6.07) is 8.43. The maximum atomic E-state index is 12.6. The number of benzene rings is 1. The number of hydrogen-bond acceptors (Lipinski definition) is 4. The Hall–Kier alpha value is -1.15. The number of nitrogens with one attached hydrogen (secondary N) is 1. The molecule has 1 amide bonds. The molecule has 0 aliphatic carbocycles. The number of nitrogens with zero attached hydrogens (tertiary/aromatic N) is 2. The van der Waals surface area contributed by atoms with Gasteiger partial charge in [-0.1, -0.05) is 18.2 Å². The van der Waals surface area contributed by atoms with Gasteiger partial charge in [0.15, 0.2) is 0 Å². The highest BCUT2D eigenvalue weighted by atomic mass is 35.5. The van der Waals surface area contributed by atoms with Crippen LogP contribution in [-0.2, 0) is 14.8 Å². The molecule has 6 nitrogen and oxygen atoms in total. The topological polar surface area (TPSA) is 69.7 Å². The van der Waals surface area contributed by atoms with E-state index >= 15 is 0 Å². The minimum Gasteiger partial charge on any atom is -0.340 e. The fraction of sp³-hybridized carbons (Fsp3) is 0.500. The van der Waals surface area contributed by atoms with Gasteiger partial charge in [0.25, 0.3) is 0 Å². The van der Waals surface area contributed by atoms with Gasteiger partial charge in [0.05, 0.1) is 11.4 Å². The SMILES string of the molecule is CNCC(=O)N1CCCN(S(=O)(=O)c2ccccc2)CC1.Cl. The fourth-order valence-electron chi connectivity index (χ4n) is 2.39. The standard InChI is InChI=1S/C14H21N3O3S.ClH/c1-15-12-14(18)16-8-5-9-17(11-10-16)21(19,20)13-6-3-2-4-7-13;/h2-4,6-7,15H,5,8-12H2,1H3;1H.